The highest BCUT2D eigenvalue weighted by molar-refractivity contribution is 5.77. The number of hydrogen-bond acceptors (Lipinski definition) is 4. The molecule has 0 heterocycles. The Bertz CT molecular complexity index is 761. The van der Waals surface area contributed by atoms with Gasteiger partial charge in [0.05, 0.1) is 10.5 Å². The number of carbonyl (C=O) groups is 1. The van der Waals surface area contributed by atoms with Gasteiger partial charge in [0, 0.05) is 18.7 Å². The lowest BCUT2D eigenvalue weighted by Crippen LogP contribution is -2.28. The number of rotatable bonds is 6. The van der Waals surface area contributed by atoms with Gasteiger partial charge in [-0.3, -0.25) is 14.9 Å². The summed E-state index contributed by atoms with van der Waals surface area (Å²) in [5.74, 6) is -0.601. The predicted molar refractivity (Wildman–Crippen MR) is 81.9 cm³/mol. The Hall–Kier alpha value is -3.10. The largest absolute Gasteiger partial charge is 0.484 e. The molecule has 132 valence electrons. The highest BCUT2D eigenvalue weighted by Crippen LogP contribution is 2.31. The molecule has 0 saturated carbocycles. The number of non-ortho nitro benzene ring substituents is 1. The third-order valence-electron chi connectivity index (χ3n) is 3.17. The van der Waals surface area contributed by atoms with Crippen molar-refractivity contribution in [3.63, 3.8) is 0 Å². The number of nitrogens with one attached hydrogen (secondary N) is 1. The zero-order valence-electron chi connectivity index (χ0n) is 12.7. The lowest BCUT2D eigenvalue weighted by atomic mass is 10.2. The van der Waals surface area contributed by atoms with Gasteiger partial charge in [-0.2, -0.15) is 13.2 Å². The van der Waals surface area contributed by atoms with Crippen LogP contribution >= 0.6 is 0 Å². The number of nitrogens with zero attached hydrogens (tertiary/aromatic N) is 1. The molecule has 0 aliphatic carbocycles. The third-order valence-corrected chi connectivity index (χ3v) is 3.17. The molecule has 0 spiro atoms. The molecular formula is C16H13F3N2O4. The van der Waals surface area contributed by atoms with Crippen molar-refractivity contribution in [1.82, 2.24) is 5.32 Å². The van der Waals surface area contributed by atoms with Gasteiger partial charge < -0.3 is 10.1 Å². The second-order valence-electron chi connectivity index (χ2n) is 5.01. The van der Waals surface area contributed by atoms with Gasteiger partial charge in [0.25, 0.3) is 11.6 Å². The minimum absolute atomic E-state index is 0.0667. The Balaban J connectivity index is 1.84. The average molecular weight is 354 g/mol. The lowest BCUT2D eigenvalue weighted by Gasteiger charge is -2.10. The Kier molecular flexibility index (Phi) is 5.58. The van der Waals surface area contributed by atoms with Crippen molar-refractivity contribution in [1.29, 1.82) is 0 Å². The maximum atomic E-state index is 12.6. The highest BCUT2D eigenvalue weighted by Gasteiger charge is 2.30. The van der Waals surface area contributed by atoms with Crippen LogP contribution in [0.15, 0.2) is 48.5 Å². The molecule has 0 fully saturated rings. The first kappa shape index (κ1) is 18.2. The first-order chi connectivity index (χ1) is 11.8. The van der Waals surface area contributed by atoms with Crippen molar-refractivity contribution in [3.8, 4) is 5.75 Å². The zero-order chi connectivity index (χ0) is 18.4. The van der Waals surface area contributed by atoms with Crippen LogP contribution in [0.3, 0.4) is 0 Å². The van der Waals surface area contributed by atoms with Crippen LogP contribution in [0, 0.1) is 10.1 Å². The second-order valence-corrected chi connectivity index (χ2v) is 5.01. The fraction of sp³-hybridized carbons (Fsp3) is 0.188. The number of nitro benzene ring substituents is 1. The Morgan fingerprint density at radius 2 is 1.84 bits per heavy atom. The number of halogens is 3. The van der Waals surface area contributed by atoms with Crippen molar-refractivity contribution >= 4 is 11.6 Å². The summed E-state index contributed by atoms with van der Waals surface area (Å²) in [6.45, 7) is -0.336. The van der Waals surface area contributed by atoms with Gasteiger partial charge in [-0.15, -0.1) is 0 Å². The van der Waals surface area contributed by atoms with Crippen molar-refractivity contribution in [2.24, 2.45) is 0 Å². The Labute approximate surface area is 140 Å². The lowest BCUT2D eigenvalue weighted by molar-refractivity contribution is -0.384. The van der Waals surface area contributed by atoms with E-state index >= 15 is 0 Å². The van der Waals surface area contributed by atoms with E-state index in [9.17, 15) is 28.1 Å². The van der Waals surface area contributed by atoms with E-state index in [2.05, 4.69) is 5.32 Å². The van der Waals surface area contributed by atoms with Crippen LogP contribution in [-0.2, 0) is 17.5 Å². The number of carbonyl (C=O) groups excluding carboxylic acids is 1. The summed E-state index contributed by atoms with van der Waals surface area (Å²) in [5, 5.41) is 13.0. The highest BCUT2D eigenvalue weighted by atomic mass is 19.4. The number of benzene rings is 2. The van der Waals surface area contributed by atoms with Gasteiger partial charge in [-0.1, -0.05) is 18.2 Å². The molecule has 1 N–H and O–H groups in total. The molecular weight excluding hydrogens is 341 g/mol. The molecule has 0 saturated heterocycles. The van der Waals surface area contributed by atoms with Crippen molar-refractivity contribution in [2.45, 2.75) is 12.7 Å². The van der Waals surface area contributed by atoms with Gasteiger partial charge in [0.1, 0.15) is 5.75 Å². The molecule has 2 rings (SSSR count). The minimum atomic E-state index is -4.49. The average Bonchev–Trinajstić information content (AvgIpc) is 2.58. The number of amides is 1. The Morgan fingerprint density at radius 3 is 2.44 bits per heavy atom. The number of ether oxygens (including phenoxy) is 1. The fourth-order valence-corrected chi connectivity index (χ4v) is 1.90. The molecule has 25 heavy (non-hydrogen) atoms. The van der Waals surface area contributed by atoms with Crippen LogP contribution < -0.4 is 10.1 Å². The van der Waals surface area contributed by atoms with Crippen molar-refractivity contribution < 1.29 is 27.6 Å². The summed E-state index contributed by atoms with van der Waals surface area (Å²) in [7, 11) is 0. The first-order valence-corrected chi connectivity index (χ1v) is 7.06. The van der Waals surface area contributed by atoms with Crippen LogP contribution in [0.5, 0.6) is 5.75 Å². The molecule has 0 aromatic heterocycles. The van der Waals surface area contributed by atoms with E-state index in [0.29, 0.717) is 5.56 Å². The maximum absolute atomic E-state index is 12.6. The summed E-state index contributed by atoms with van der Waals surface area (Å²) < 4.78 is 42.8. The van der Waals surface area contributed by atoms with E-state index in [1.54, 1.807) is 0 Å². The SMILES string of the molecule is O=C(COc1cccc(C(F)(F)F)c1)NCc1ccc([N+](=O)[O-])cc1. The smallest absolute Gasteiger partial charge is 0.416 e. The molecule has 1 amide bonds. The predicted octanol–water partition coefficient (Wildman–Crippen LogP) is 3.31. The monoisotopic (exact) mass is 354 g/mol. The van der Waals surface area contributed by atoms with E-state index in [4.69, 9.17) is 4.74 Å². The van der Waals surface area contributed by atoms with Gasteiger partial charge in [-0.05, 0) is 23.8 Å². The van der Waals surface area contributed by atoms with Crippen LogP contribution in [-0.4, -0.2) is 17.4 Å². The van der Waals surface area contributed by atoms with E-state index in [1.807, 2.05) is 0 Å². The van der Waals surface area contributed by atoms with E-state index in [-0.39, 0.29) is 18.0 Å². The standard InChI is InChI=1S/C16H13F3N2O4/c17-16(18,19)12-2-1-3-14(8-12)25-10-15(22)20-9-11-4-6-13(7-5-11)21(23)24/h1-8H,9-10H2,(H,20,22). The molecule has 2 aromatic rings. The molecule has 0 radical (unpaired) electrons. The zero-order valence-corrected chi connectivity index (χ0v) is 12.7. The fourth-order valence-electron chi connectivity index (χ4n) is 1.90. The molecule has 0 atom stereocenters. The van der Waals surface area contributed by atoms with E-state index in [1.165, 1.54) is 36.4 Å². The molecule has 0 unspecified atom stereocenters. The summed E-state index contributed by atoms with van der Waals surface area (Å²) in [4.78, 5) is 21.7. The van der Waals surface area contributed by atoms with Gasteiger partial charge in [0.15, 0.2) is 6.61 Å². The van der Waals surface area contributed by atoms with Crippen molar-refractivity contribution in [2.75, 3.05) is 6.61 Å². The molecule has 9 heteroatoms. The minimum Gasteiger partial charge on any atom is -0.484 e. The van der Waals surface area contributed by atoms with Crippen molar-refractivity contribution in [3.05, 3.63) is 69.8 Å². The third kappa shape index (κ3) is 5.48. The quantitative estimate of drug-likeness (QED) is 0.637. The van der Waals surface area contributed by atoms with Gasteiger partial charge in [0.2, 0.25) is 0 Å². The van der Waals surface area contributed by atoms with Crippen LogP contribution in [0.4, 0.5) is 18.9 Å². The molecule has 0 aliphatic heterocycles. The number of nitro groups is 1. The first-order valence-electron chi connectivity index (χ1n) is 7.06. The summed E-state index contributed by atoms with van der Waals surface area (Å²) in [6, 6.07) is 9.82. The normalized spacial score (nSPS) is 11.0. The molecule has 2 aromatic carbocycles. The topological polar surface area (TPSA) is 81.5 Å². The molecule has 6 nitrogen and oxygen atoms in total. The van der Waals surface area contributed by atoms with Crippen LogP contribution in [0.25, 0.3) is 0 Å². The van der Waals surface area contributed by atoms with E-state index in [0.717, 1.165) is 12.1 Å². The van der Waals surface area contributed by atoms with Crippen LogP contribution in [0.1, 0.15) is 11.1 Å². The van der Waals surface area contributed by atoms with Crippen LogP contribution in [0.2, 0.25) is 0 Å². The molecule has 0 aliphatic rings. The Morgan fingerprint density at radius 1 is 1.16 bits per heavy atom. The summed E-state index contributed by atoms with van der Waals surface area (Å²) in [6.07, 6.45) is -4.49. The second kappa shape index (κ2) is 7.65. The van der Waals surface area contributed by atoms with Gasteiger partial charge >= 0.3 is 6.18 Å². The number of alkyl halides is 3. The van der Waals surface area contributed by atoms with E-state index < -0.39 is 29.2 Å². The maximum Gasteiger partial charge on any atom is 0.416 e. The summed E-state index contributed by atoms with van der Waals surface area (Å²) in [5.41, 5.74) is -0.294. The summed E-state index contributed by atoms with van der Waals surface area (Å²) >= 11 is 0. The molecule has 0 bridgehead atoms. The van der Waals surface area contributed by atoms with Gasteiger partial charge in [-0.25, -0.2) is 0 Å². The number of hydrogen-bond donors (Lipinski definition) is 1.